The first-order chi connectivity index (χ1) is 7.25. The summed E-state index contributed by atoms with van der Waals surface area (Å²) < 4.78 is 0. The lowest BCUT2D eigenvalue weighted by molar-refractivity contribution is 0.0952. The number of nitrogens with one attached hydrogen (secondary N) is 1. The van der Waals surface area contributed by atoms with E-state index in [4.69, 9.17) is 0 Å². The van der Waals surface area contributed by atoms with Crippen molar-refractivity contribution >= 4 is 18.5 Å². The van der Waals surface area contributed by atoms with Gasteiger partial charge in [-0.1, -0.05) is 18.9 Å². The van der Waals surface area contributed by atoms with E-state index in [1.54, 1.807) is 6.07 Å². The van der Waals surface area contributed by atoms with Crippen LogP contribution in [0.1, 0.15) is 29.6 Å². The highest BCUT2D eigenvalue weighted by Crippen LogP contribution is 2.31. The molecule has 0 aliphatic heterocycles. The molecule has 1 aromatic carbocycles. The Morgan fingerprint density at radius 2 is 2.27 bits per heavy atom. The molecule has 80 valence electrons. The molecule has 1 N–H and O–H groups in total. The zero-order valence-electron chi connectivity index (χ0n) is 8.57. The summed E-state index contributed by atoms with van der Waals surface area (Å²) in [5, 5.41) is 2.92. The van der Waals surface area contributed by atoms with Gasteiger partial charge in [0.05, 0.1) is 0 Å². The number of carbonyl (C=O) groups is 1. The van der Waals surface area contributed by atoms with Gasteiger partial charge in [-0.2, -0.15) is 0 Å². The molecule has 0 aromatic heterocycles. The molecule has 1 saturated carbocycles. The molecule has 2 rings (SSSR count). The van der Waals surface area contributed by atoms with Crippen LogP contribution in [0.3, 0.4) is 0 Å². The van der Waals surface area contributed by atoms with Crippen molar-refractivity contribution in [3.8, 4) is 0 Å². The fraction of sp³-hybridized carbons (Fsp3) is 0.417. The molecule has 1 aliphatic rings. The minimum atomic E-state index is 0.00606. The first-order valence-electron chi connectivity index (χ1n) is 5.33. The average Bonchev–Trinajstić information content (AvgIpc) is 3.01. The molecule has 0 spiro atoms. The highest BCUT2D eigenvalue weighted by Gasteiger charge is 2.20. The maximum atomic E-state index is 11.7. The number of amides is 1. The van der Waals surface area contributed by atoms with E-state index in [9.17, 15) is 4.79 Å². The zero-order valence-corrected chi connectivity index (χ0v) is 9.47. The summed E-state index contributed by atoms with van der Waals surface area (Å²) in [4.78, 5) is 12.5. The van der Waals surface area contributed by atoms with Crippen LogP contribution in [0.15, 0.2) is 29.2 Å². The molecule has 15 heavy (non-hydrogen) atoms. The van der Waals surface area contributed by atoms with Gasteiger partial charge in [0, 0.05) is 17.0 Å². The summed E-state index contributed by atoms with van der Waals surface area (Å²) in [7, 11) is 0. The van der Waals surface area contributed by atoms with Crippen LogP contribution in [-0.2, 0) is 0 Å². The molecule has 0 unspecified atom stereocenters. The topological polar surface area (TPSA) is 29.1 Å². The van der Waals surface area contributed by atoms with Crippen LogP contribution in [-0.4, -0.2) is 12.5 Å². The Labute approximate surface area is 95.5 Å². The first kappa shape index (κ1) is 10.6. The zero-order chi connectivity index (χ0) is 10.7. The molecule has 1 aliphatic carbocycles. The van der Waals surface area contributed by atoms with Gasteiger partial charge < -0.3 is 5.32 Å². The second-order valence-corrected chi connectivity index (χ2v) is 4.55. The van der Waals surface area contributed by atoms with Gasteiger partial charge in [0.25, 0.3) is 5.91 Å². The minimum absolute atomic E-state index is 0.00606. The van der Waals surface area contributed by atoms with E-state index in [1.807, 2.05) is 18.2 Å². The van der Waals surface area contributed by atoms with Crippen LogP contribution in [0, 0.1) is 5.92 Å². The van der Waals surface area contributed by atoms with Gasteiger partial charge >= 0.3 is 0 Å². The standard InChI is InChI=1S/C12H15NOS/c14-12(13-7-6-9-4-5-9)10-2-1-3-11(15)8-10/h1-3,8-9,15H,4-7H2,(H,13,14). The Morgan fingerprint density at radius 1 is 1.47 bits per heavy atom. The lowest BCUT2D eigenvalue weighted by Crippen LogP contribution is -2.24. The van der Waals surface area contributed by atoms with Gasteiger partial charge in [-0.25, -0.2) is 0 Å². The molecule has 1 aromatic rings. The highest BCUT2D eigenvalue weighted by atomic mass is 32.1. The van der Waals surface area contributed by atoms with Gasteiger partial charge in [-0.15, -0.1) is 12.6 Å². The van der Waals surface area contributed by atoms with E-state index in [0.717, 1.165) is 23.8 Å². The van der Waals surface area contributed by atoms with Crippen LogP contribution in [0.2, 0.25) is 0 Å². The molecule has 3 heteroatoms. The molecular formula is C12H15NOS. The Bertz CT molecular complexity index is 360. The predicted molar refractivity (Wildman–Crippen MR) is 63.4 cm³/mol. The van der Waals surface area contributed by atoms with Crippen molar-refractivity contribution in [1.82, 2.24) is 5.32 Å². The van der Waals surface area contributed by atoms with Crippen molar-refractivity contribution in [2.45, 2.75) is 24.2 Å². The predicted octanol–water partition coefficient (Wildman–Crippen LogP) is 2.51. The van der Waals surface area contributed by atoms with E-state index in [2.05, 4.69) is 17.9 Å². The second-order valence-electron chi connectivity index (χ2n) is 4.04. The third kappa shape index (κ3) is 3.27. The largest absolute Gasteiger partial charge is 0.352 e. The Balaban J connectivity index is 1.83. The summed E-state index contributed by atoms with van der Waals surface area (Å²) in [6.45, 7) is 0.792. The van der Waals surface area contributed by atoms with Crippen molar-refractivity contribution in [1.29, 1.82) is 0 Å². The molecule has 0 atom stereocenters. The molecule has 0 bridgehead atoms. The Morgan fingerprint density at radius 3 is 2.93 bits per heavy atom. The SMILES string of the molecule is O=C(NCCC1CC1)c1cccc(S)c1. The van der Waals surface area contributed by atoms with Crippen LogP contribution >= 0.6 is 12.6 Å². The van der Waals surface area contributed by atoms with E-state index < -0.39 is 0 Å². The second kappa shape index (κ2) is 4.71. The van der Waals surface area contributed by atoms with Crippen molar-refractivity contribution in [3.05, 3.63) is 29.8 Å². The van der Waals surface area contributed by atoms with Gasteiger partial charge in [-0.3, -0.25) is 4.79 Å². The number of hydrogen-bond acceptors (Lipinski definition) is 2. The molecule has 2 nitrogen and oxygen atoms in total. The van der Waals surface area contributed by atoms with Crippen LogP contribution in [0.25, 0.3) is 0 Å². The summed E-state index contributed by atoms with van der Waals surface area (Å²) in [6.07, 6.45) is 3.79. The van der Waals surface area contributed by atoms with Crippen molar-refractivity contribution < 1.29 is 4.79 Å². The summed E-state index contributed by atoms with van der Waals surface area (Å²) >= 11 is 4.20. The molecule has 1 amide bonds. The molecule has 1 fully saturated rings. The average molecular weight is 221 g/mol. The minimum Gasteiger partial charge on any atom is -0.352 e. The monoisotopic (exact) mass is 221 g/mol. The van der Waals surface area contributed by atoms with Crippen molar-refractivity contribution in [2.75, 3.05) is 6.54 Å². The van der Waals surface area contributed by atoms with E-state index in [-0.39, 0.29) is 5.91 Å². The number of rotatable bonds is 4. The maximum absolute atomic E-state index is 11.7. The fourth-order valence-corrected chi connectivity index (χ4v) is 1.77. The fourth-order valence-electron chi connectivity index (χ4n) is 1.55. The molecule has 0 heterocycles. The number of hydrogen-bond donors (Lipinski definition) is 2. The van der Waals surface area contributed by atoms with Gasteiger partial charge in [0.15, 0.2) is 0 Å². The Kier molecular flexibility index (Phi) is 3.31. The van der Waals surface area contributed by atoms with Crippen LogP contribution in [0.4, 0.5) is 0 Å². The first-order valence-corrected chi connectivity index (χ1v) is 5.77. The van der Waals surface area contributed by atoms with Crippen LogP contribution in [0.5, 0.6) is 0 Å². The maximum Gasteiger partial charge on any atom is 0.251 e. The van der Waals surface area contributed by atoms with Gasteiger partial charge in [-0.05, 0) is 30.5 Å². The summed E-state index contributed by atoms with van der Waals surface area (Å²) in [6, 6.07) is 7.31. The van der Waals surface area contributed by atoms with Crippen molar-refractivity contribution in [2.24, 2.45) is 5.92 Å². The lowest BCUT2D eigenvalue weighted by Gasteiger charge is -2.04. The summed E-state index contributed by atoms with van der Waals surface area (Å²) in [5.41, 5.74) is 0.693. The van der Waals surface area contributed by atoms with Crippen molar-refractivity contribution in [3.63, 3.8) is 0 Å². The Hall–Kier alpha value is -0.960. The third-order valence-electron chi connectivity index (χ3n) is 2.64. The number of benzene rings is 1. The molecule has 0 saturated heterocycles. The third-order valence-corrected chi connectivity index (χ3v) is 2.92. The normalized spacial score (nSPS) is 15.0. The van der Waals surface area contributed by atoms with E-state index in [1.165, 1.54) is 12.8 Å². The number of carbonyl (C=O) groups excluding carboxylic acids is 1. The summed E-state index contributed by atoms with van der Waals surface area (Å²) in [5.74, 6) is 0.869. The van der Waals surface area contributed by atoms with Gasteiger partial charge in [0.2, 0.25) is 0 Å². The quantitative estimate of drug-likeness (QED) is 0.752. The van der Waals surface area contributed by atoms with Gasteiger partial charge in [0.1, 0.15) is 0 Å². The van der Waals surface area contributed by atoms with E-state index >= 15 is 0 Å². The highest BCUT2D eigenvalue weighted by molar-refractivity contribution is 7.80. The molecule has 0 radical (unpaired) electrons. The molecular weight excluding hydrogens is 206 g/mol. The van der Waals surface area contributed by atoms with Crippen LogP contribution < -0.4 is 5.32 Å². The van der Waals surface area contributed by atoms with E-state index in [0.29, 0.717) is 5.56 Å². The number of thiol groups is 1. The lowest BCUT2D eigenvalue weighted by atomic mass is 10.2. The smallest absolute Gasteiger partial charge is 0.251 e.